The lowest BCUT2D eigenvalue weighted by atomic mass is 10.0. The highest BCUT2D eigenvalue weighted by atomic mass is 16.6. The highest BCUT2D eigenvalue weighted by Gasteiger charge is 2.29. The molecule has 2 aromatic heterocycles. The van der Waals surface area contributed by atoms with Gasteiger partial charge in [-0.15, -0.1) is 0 Å². The summed E-state index contributed by atoms with van der Waals surface area (Å²) in [5, 5.41) is 14.9. The second-order valence-electron chi connectivity index (χ2n) is 6.50. The van der Waals surface area contributed by atoms with Crippen molar-refractivity contribution in [3.05, 3.63) is 92.9 Å². The number of nitrogens with zero attached hydrogens (tertiary/aromatic N) is 3. The van der Waals surface area contributed by atoms with Gasteiger partial charge in [-0.3, -0.25) is 15.1 Å². The second-order valence-corrected chi connectivity index (χ2v) is 6.50. The van der Waals surface area contributed by atoms with Gasteiger partial charge in [0.05, 0.1) is 23.8 Å². The van der Waals surface area contributed by atoms with Gasteiger partial charge < -0.3 is 10.1 Å². The summed E-state index contributed by atoms with van der Waals surface area (Å²) in [6.45, 7) is 3.63. The van der Waals surface area contributed by atoms with E-state index in [2.05, 4.69) is 15.3 Å². The predicted octanol–water partition coefficient (Wildman–Crippen LogP) is 3.99. The normalized spacial score (nSPS) is 11.6. The average molecular weight is 392 g/mol. The van der Waals surface area contributed by atoms with Crippen LogP contribution < -0.4 is 5.32 Å². The van der Waals surface area contributed by atoms with Gasteiger partial charge in [0.15, 0.2) is 0 Å². The Labute approximate surface area is 167 Å². The molecule has 148 valence electrons. The molecule has 0 amide bonds. The monoisotopic (exact) mass is 392 g/mol. The molecule has 0 saturated heterocycles. The smallest absolute Gasteiger partial charge is 0.345 e. The summed E-state index contributed by atoms with van der Waals surface area (Å²) in [6, 6.07) is 14.0. The summed E-state index contributed by atoms with van der Waals surface area (Å²) in [4.78, 5) is 31.9. The number of carbonyl (C=O) groups excluding carboxylic acids is 1. The van der Waals surface area contributed by atoms with Gasteiger partial charge in [0, 0.05) is 11.9 Å². The zero-order valence-corrected chi connectivity index (χ0v) is 16.2. The van der Waals surface area contributed by atoms with Gasteiger partial charge in [-0.05, 0) is 37.6 Å². The summed E-state index contributed by atoms with van der Waals surface area (Å²) in [5.41, 5.74) is 2.45. The van der Waals surface area contributed by atoms with Gasteiger partial charge in [-0.2, -0.15) is 0 Å². The Morgan fingerprint density at radius 3 is 2.48 bits per heavy atom. The third-order valence-electron chi connectivity index (χ3n) is 4.38. The number of carbonyl (C=O) groups is 1. The molecule has 3 rings (SSSR count). The first-order valence-electron chi connectivity index (χ1n) is 8.89. The molecule has 29 heavy (non-hydrogen) atoms. The SMILES string of the molecule is COC(=O)c1cc(C)nc(NC(c2ccc(C)cc2)c2ccccn2)c1[N+](=O)[O-]. The first-order valence-corrected chi connectivity index (χ1v) is 8.89. The number of nitro groups is 1. The number of anilines is 1. The van der Waals surface area contributed by atoms with Crippen molar-refractivity contribution in [1.29, 1.82) is 0 Å². The van der Waals surface area contributed by atoms with Crippen LogP contribution in [0.25, 0.3) is 0 Å². The fourth-order valence-corrected chi connectivity index (χ4v) is 2.99. The molecule has 0 saturated carbocycles. The van der Waals surface area contributed by atoms with E-state index in [1.165, 1.54) is 13.2 Å². The molecule has 0 bridgehead atoms. The fraction of sp³-hybridized carbons (Fsp3) is 0.190. The summed E-state index contributed by atoms with van der Waals surface area (Å²) in [6.07, 6.45) is 1.65. The number of pyridine rings is 2. The van der Waals surface area contributed by atoms with Gasteiger partial charge in [0.2, 0.25) is 5.82 Å². The number of methoxy groups -OCH3 is 1. The second kappa shape index (κ2) is 8.47. The number of aromatic nitrogens is 2. The molecule has 8 heteroatoms. The number of aryl methyl sites for hydroxylation is 2. The summed E-state index contributed by atoms with van der Waals surface area (Å²) >= 11 is 0. The lowest BCUT2D eigenvalue weighted by Crippen LogP contribution is -2.18. The van der Waals surface area contributed by atoms with Crippen molar-refractivity contribution >= 4 is 17.5 Å². The number of ether oxygens (including phenoxy) is 1. The van der Waals surface area contributed by atoms with Crippen molar-refractivity contribution < 1.29 is 14.5 Å². The first-order chi connectivity index (χ1) is 13.9. The van der Waals surface area contributed by atoms with Gasteiger partial charge in [-0.25, -0.2) is 9.78 Å². The molecule has 0 spiro atoms. The summed E-state index contributed by atoms with van der Waals surface area (Å²) in [5.74, 6) is -0.818. The minimum atomic E-state index is -0.796. The van der Waals surface area contributed by atoms with Crippen molar-refractivity contribution in [2.24, 2.45) is 0 Å². The Morgan fingerprint density at radius 1 is 1.17 bits per heavy atom. The van der Waals surface area contributed by atoms with Crippen molar-refractivity contribution in [2.45, 2.75) is 19.9 Å². The molecule has 0 aliphatic heterocycles. The quantitative estimate of drug-likeness (QED) is 0.384. The van der Waals surface area contributed by atoms with Gasteiger partial charge >= 0.3 is 11.7 Å². The molecule has 1 aromatic carbocycles. The number of nitrogens with one attached hydrogen (secondary N) is 1. The summed E-state index contributed by atoms with van der Waals surface area (Å²) in [7, 11) is 1.18. The molecule has 1 unspecified atom stereocenters. The maximum atomic E-state index is 12.1. The van der Waals surface area contributed by atoms with Crippen LogP contribution in [0.15, 0.2) is 54.7 Å². The Hall–Kier alpha value is -3.81. The minimum Gasteiger partial charge on any atom is -0.465 e. The Morgan fingerprint density at radius 2 is 1.90 bits per heavy atom. The van der Waals surface area contributed by atoms with Crippen LogP contribution in [0.2, 0.25) is 0 Å². The van der Waals surface area contributed by atoms with Crippen molar-refractivity contribution in [3.8, 4) is 0 Å². The van der Waals surface area contributed by atoms with Crippen LogP contribution >= 0.6 is 0 Å². The molecular weight excluding hydrogens is 372 g/mol. The number of esters is 1. The van der Waals surface area contributed by atoms with Crippen LogP contribution in [-0.2, 0) is 4.74 Å². The molecule has 8 nitrogen and oxygen atoms in total. The maximum Gasteiger partial charge on any atom is 0.345 e. The van der Waals surface area contributed by atoms with E-state index >= 15 is 0 Å². The van der Waals surface area contributed by atoms with E-state index < -0.39 is 22.6 Å². The van der Waals surface area contributed by atoms with Crippen molar-refractivity contribution in [3.63, 3.8) is 0 Å². The number of hydrogen-bond acceptors (Lipinski definition) is 7. The standard InChI is InChI=1S/C21H20N4O4/c1-13-7-9-15(10-8-13)18(17-6-4-5-11-22-17)24-20-19(25(27)28)16(21(26)29-3)12-14(2)23-20/h4-12,18H,1-3H3,(H,23,24). The molecule has 0 radical (unpaired) electrons. The van der Waals surface area contributed by atoms with Crippen LogP contribution in [0, 0.1) is 24.0 Å². The molecular formula is C21H20N4O4. The van der Waals surface area contributed by atoms with E-state index in [0.717, 1.165) is 11.1 Å². The number of benzene rings is 1. The third kappa shape index (κ3) is 4.37. The first kappa shape index (κ1) is 19.9. The highest BCUT2D eigenvalue weighted by Crippen LogP contribution is 2.33. The molecule has 1 N–H and O–H groups in total. The molecule has 2 heterocycles. The Kier molecular flexibility index (Phi) is 5.82. The Bertz CT molecular complexity index is 1040. The van der Waals surface area contributed by atoms with Gasteiger partial charge in [0.25, 0.3) is 0 Å². The van der Waals surface area contributed by atoms with Crippen LogP contribution in [0.5, 0.6) is 0 Å². The molecule has 0 aliphatic carbocycles. The zero-order valence-electron chi connectivity index (χ0n) is 16.2. The highest BCUT2D eigenvalue weighted by molar-refractivity contribution is 5.96. The topological polar surface area (TPSA) is 107 Å². The minimum absolute atomic E-state index is 0.0216. The largest absolute Gasteiger partial charge is 0.465 e. The Balaban J connectivity index is 2.15. The van der Waals surface area contributed by atoms with Crippen LogP contribution in [0.4, 0.5) is 11.5 Å². The lowest BCUT2D eigenvalue weighted by Gasteiger charge is -2.20. The summed E-state index contributed by atoms with van der Waals surface area (Å²) < 4.78 is 4.71. The van der Waals surface area contributed by atoms with E-state index in [-0.39, 0.29) is 11.4 Å². The van der Waals surface area contributed by atoms with E-state index in [4.69, 9.17) is 4.74 Å². The number of hydrogen-bond donors (Lipinski definition) is 1. The van der Waals surface area contributed by atoms with E-state index in [0.29, 0.717) is 11.4 Å². The lowest BCUT2D eigenvalue weighted by molar-refractivity contribution is -0.384. The van der Waals surface area contributed by atoms with Gasteiger partial charge in [0.1, 0.15) is 5.56 Å². The maximum absolute atomic E-state index is 12.1. The average Bonchev–Trinajstić information content (AvgIpc) is 2.72. The third-order valence-corrected chi connectivity index (χ3v) is 4.38. The van der Waals surface area contributed by atoms with Gasteiger partial charge in [-0.1, -0.05) is 35.9 Å². The fourth-order valence-electron chi connectivity index (χ4n) is 2.99. The van der Waals surface area contributed by atoms with Crippen LogP contribution in [0.3, 0.4) is 0 Å². The van der Waals surface area contributed by atoms with E-state index in [1.54, 1.807) is 19.2 Å². The predicted molar refractivity (Wildman–Crippen MR) is 108 cm³/mol. The number of rotatable bonds is 6. The van der Waals surface area contributed by atoms with Crippen molar-refractivity contribution in [2.75, 3.05) is 12.4 Å². The van der Waals surface area contributed by atoms with Crippen LogP contribution in [-0.4, -0.2) is 28.0 Å². The molecule has 3 aromatic rings. The zero-order chi connectivity index (χ0) is 21.0. The van der Waals surface area contributed by atoms with Crippen molar-refractivity contribution in [1.82, 2.24) is 9.97 Å². The molecule has 1 atom stereocenters. The van der Waals surface area contributed by atoms with E-state index in [1.807, 2.05) is 43.3 Å². The molecule has 0 fully saturated rings. The van der Waals surface area contributed by atoms with Crippen LogP contribution in [0.1, 0.15) is 38.9 Å². The van der Waals surface area contributed by atoms with E-state index in [9.17, 15) is 14.9 Å². The molecule has 0 aliphatic rings.